The predicted octanol–water partition coefficient (Wildman–Crippen LogP) is 6.35. The Bertz CT molecular complexity index is 648. The van der Waals surface area contributed by atoms with Gasteiger partial charge in [-0.05, 0) is 12.8 Å². The summed E-state index contributed by atoms with van der Waals surface area (Å²) in [6.45, 7) is 4.53. The van der Waals surface area contributed by atoms with Crippen LogP contribution in [0.25, 0.3) is 0 Å². The molecule has 0 aromatic heterocycles. The van der Waals surface area contributed by atoms with Gasteiger partial charge in [0.2, 0.25) is 0 Å². The first-order chi connectivity index (χ1) is 21.4. The van der Waals surface area contributed by atoms with Gasteiger partial charge in [0.05, 0.1) is 19.8 Å². The van der Waals surface area contributed by atoms with Gasteiger partial charge < -0.3 is 39.4 Å². The number of aliphatic hydroxyl groups is 4. The van der Waals surface area contributed by atoms with E-state index in [0.717, 1.165) is 32.1 Å². The van der Waals surface area contributed by atoms with Gasteiger partial charge in [0.25, 0.3) is 0 Å². The largest absolute Gasteiger partial charge is 0.457 e. The summed E-state index contributed by atoms with van der Waals surface area (Å²) in [6, 6.07) is 0. The first-order valence-corrected chi connectivity index (χ1v) is 18.1. The molecule has 6 atom stereocenters. The molecule has 44 heavy (non-hydrogen) atoms. The van der Waals surface area contributed by atoms with E-state index in [2.05, 4.69) is 13.8 Å². The van der Waals surface area contributed by atoms with Gasteiger partial charge in [0.15, 0.2) is 6.29 Å². The third-order valence-corrected chi connectivity index (χ3v) is 8.52. The van der Waals surface area contributed by atoms with Crippen molar-refractivity contribution in [3.05, 3.63) is 0 Å². The van der Waals surface area contributed by atoms with Crippen LogP contribution in [0.2, 0.25) is 0 Å². The van der Waals surface area contributed by atoms with E-state index in [9.17, 15) is 25.2 Å². The SMILES string of the molecule is CCCCCCCCCCCCCCCOCC(COC1OC(CO)C(O)C(O)C1O)OC(=O)CCCCCCCCCC. The fraction of sp³-hybridized carbons (Fsp3) is 0.971. The molecule has 1 saturated heterocycles. The molecular formula is C35H68O9. The molecule has 0 bridgehead atoms. The molecule has 0 aromatic rings. The zero-order valence-corrected chi connectivity index (χ0v) is 28.2. The smallest absolute Gasteiger partial charge is 0.306 e. The molecule has 1 fully saturated rings. The number of carbonyl (C=O) groups excluding carboxylic acids is 1. The lowest BCUT2D eigenvalue weighted by atomic mass is 9.99. The second kappa shape index (κ2) is 28.4. The van der Waals surface area contributed by atoms with E-state index in [1.165, 1.54) is 103 Å². The van der Waals surface area contributed by atoms with Crippen molar-refractivity contribution in [1.82, 2.24) is 0 Å². The van der Waals surface area contributed by atoms with Crippen molar-refractivity contribution in [2.45, 2.75) is 192 Å². The summed E-state index contributed by atoms with van der Waals surface area (Å²) in [6.07, 6.45) is 18.5. The second-order valence-electron chi connectivity index (χ2n) is 12.7. The normalized spacial score (nSPS) is 22.7. The molecule has 0 saturated carbocycles. The summed E-state index contributed by atoms with van der Waals surface area (Å²) in [7, 11) is 0. The first-order valence-electron chi connectivity index (χ1n) is 18.1. The Morgan fingerprint density at radius 1 is 0.636 bits per heavy atom. The van der Waals surface area contributed by atoms with E-state index >= 15 is 0 Å². The van der Waals surface area contributed by atoms with E-state index in [4.69, 9.17) is 18.9 Å². The Morgan fingerprint density at radius 2 is 1.11 bits per heavy atom. The number of aliphatic hydroxyl groups excluding tert-OH is 4. The highest BCUT2D eigenvalue weighted by atomic mass is 16.7. The Balaban J connectivity index is 2.33. The van der Waals surface area contributed by atoms with Crippen LogP contribution in [0.1, 0.15) is 155 Å². The van der Waals surface area contributed by atoms with Gasteiger partial charge in [-0.25, -0.2) is 0 Å². The van der Waals surface area contributed by atoms with Gasteiger partial charge in [0, 0.05) is 13.0 Å². The lowest BCUT2D eigenvalue weighted by Gasteiger charge is -2.39. The monoisotopic (exact) mass is 632 g/mol. The molecule has 0 aromatic carbocycles. The number of esters is 1. The van der Waals surface area contributed by atoms with Crippen LogP contribution >= 0.6 is 0 Å². The van der Waals surface area contributed by atoms with E-state index < -0.39 is 43.4 Å². The predicted molar refractivity (Wildman–Crippen MR) is 173 cm³/mol. The Labute approximate surface area is 268 Å². The van der Waals surface area contributed by atoms with Crippen molar-refractivity contribution >= 4 is 5.97 Å². The quantitative estimate of drug-likeness (QED) is 0.0527. The summed E-state index contributed by atoms with van der Waals surface area (Å²) >= 11 is 0. The van der Waals surface area contributed by atoms with Crippen molar-refractivity contribution in [3.63, 3.8) is 0 Å². The van der Waals surface area contributed by atoms with E-state index in [1.807, 2.05) is 0 Å². The molecule has 9 heteroatoms. The van der Waals surface area contributed by atoms with E-state index in [0.29, 0.717) is 13.0 Å². The lowest BCUT2D eigenvalue weighted by molar-refractivity contribution is -0.305. The van der Waals surface area contributed by atoms with Crippen LogP contribution in [0.3, 0.4) is 0 Å². The van der Waals surface area contributed by atoms with Crippen LogP contribution in [0, 0.1) is 0 Å². The molecule has 4 N–H and O–H groups in total. The van der Waals surface area contributed by atoms with Crippen molar-refractivity contribution < 1.29 is 44.2 Å². The van der Waals surface area contributed by atoms with Crippen LogP contribution in [-0.4, -0.2) is 89.6 Å². The molecule has 9 nitrogen and oxygen atoms in total. The van der Waals surface area contributed by atoms with Gasteiger partial charge in [-0.1, -0.05) is 136 Å². The van der Waals surface area contributed by atoms with Crippen LogP contribution < -0.4 is 0 Å². The topological polar surface area (TPSA) is 135 Å². The van der Waals surface area contributed by atoms with Crippen LogP contribution in [-0.2, 0) is 23.7 Å². The minimum Gasteiger partial charge on any atom is -0.457 e. The molecule has 1 aliphatic rings. The average Bonchev–Trinajstić information content (AvgIpc) is 3.02. The third-order valence-electron chi connectivity index (χ3n) is 8.52. The maximum atomic E-state index is 12.6. The van der Waals surface area contributed by atoms with Crippen LogP contribution in [0.5, 0.6) is 0 Å². The zero-order valence-electron chi connectivity index (χ0n) is 28.2. The lowest BCUT2D eigenvalue weighted by Crippen LogP contribution is -2.59. The molecule has 1 rings (SSSR count). The number of hydrogen-bond donors (Lipinski definition) is 4. The molecule has 0 aliphatic carbocycles. The molecule has 0 amide bonds. The molecule has 0 radical (unpaired) electrons. The number of ether oxygens (including phenoxy) is 4. The zero-order chi connectivity index (χ0) is 32.3. The van der Waals surface area contributed by atoms with Gasteiger partial charge >= 0.3 is 5.97 Å². The second-order valence-corrected chi connectivity index (χ2v) is 12.7. The molecule has 0 spiro atoms. The minimum absolute atomic E-state index is 0.107. The summed E-state index contributed by atoms with van der Waals surface area (Å²) < 4.78 is 22.6. The molecule has 6 unspecified atom stereocenters. The third kappa shape index (κ3) is 20.3. The highest BCUT2D eigenvalue weighted by Crippen LogP contribution is 2.22. The number of rotatable bonds is 30. The van der Waals surface area contributed by atoms with Gasteiger partial charge in [-0.3, -0.25) is 4.79 Å². The van der Waals surface area contributed by atoms with Crippen molar-refractivity contribution in [2.75, 3.05) is 26.4 Å². The highest BCUT2D eigenvalue weighted by molar-refractivity contribution is 5.69. The summed E-state index contributed by atoms with van der Waals surface area (Å²) in [5.74, 6) is -0.317. The molecule has 1 aliphatic heterocycles. The van der Waals surface area contributed by atoms with Gasteiger partial charge in [-0.15, -0.1) is 0 Å². The van der Waals surface area contributed by atoms with Crippen LogP contribution in [0.4, 0.5) is 0 Å². The molecule has 1 heterocycles. The first kappa shape index (κ1) is 41.2. The summed E-state index contributed by atoms with van der Waals surface area (Å²) in [5.41, 5.74) is 0. The van der Waals surface area contributed by atoms with Gasteiger partial charge in [-0.2, -0.15) is 0 Å². The maximum absolute atomic E-state index is 12.6. The maximum Gasteiger partial charge on any atom is 0.306 e. The van der Waals surface area contributed by atoms with Gasteiger partial charge in [0.1, 0.15) is 30.5 Å². The fourth-order valence-corrected chi connectivity index (χ4v) is 5.61. The Kier molecular flexibility index (Phi) is 26.6. The Hall–Kier alpha value is -0.810. The molecular weight excluding hydrogens is 564 g/mol. The fourth-order valence-electron chi connectivity index (χ4n) is 5.61. The summed E-state index contributed by atoms with van der Waals surface area (Å²) in [5, 5.41) is 39.8. The standard InChI is InChI=1S/C35H68O9/c1-3-5-7-9-11-13-14-15-16-17-19-21-23-25-41-27-29(43-31(37)24-22-20-18-12-10-8-6-4-2)28-42-35-34(40)33(39)32(38)30(26-36)44-35/h29-30,32-36,38-40H,3-28H2,1-2H3. The molecule has 262 valence electrons. The Morgan fingerprint density at radius 3 is 1.61 bits per heavy atom. The summed E-state index contributed by atoms with van der Waals surface area (Å²) in [4.78, 5) is 12.6. The van der Waals surface area contributed by atoms with E-state index in [1.54, 1.807) is 0 Å². The minimum atomic E-state index is -1.53. The number of unbranched alkanes of at least 4 members (excludes halogenated alkanes) is 19. The van der Waals surface area contributed by atoms with Crippen LogP contribution in [0.15, 0.2) is 0 Å². The average molecular weight is 633 g/mol. The van der Waals surface area contributed by atoms with Crippen molar-refractivity contribution in [2.24, 2.45) is 0 Å². The number of hydrogen-bond acceptors (Lipinski definition) is 9. The highest BCUT2D eigenvalue weighted by Gasteiger charge is 2.44. The van der Waals surface area contributed by atoms with Crippen molar-refractivity contribution in [1.29, 1.82) is 0 Å². The van der Waals surface area contributed by atoms with E-state index in [-0.39, 0.29) is 19.2 Å². The van der Waals surface area contributed by atoms with Crippen molar-refractivity contribution in [3.8, 4) is 0 Å². The number of carbonyl (C=O) groups is 1.